The van der Waals surface area contributed by atoms with Crippen LogP contribution < -0.4 is 0 Å². The number of carbonyl (C=O) groups is 3. The summed E-state index contributed by atoms with van der Waals surface area (Å²) in [4.78, 5) is 41.8. The summed E-state index contributed by atoms with van der Waals surface area (Å²) in [5.41, 5.74) is 3.24. The molecule has 0 bridgehead atoms. The van der Waals surface area contributed by atoms with Gasteiger partial charge in [0.25, 0.3) is 0 Å². The Balaban J connectivity index is 1.55. The zero-order valence-corrected chi connectivity index (χ0v) is 17.1. The number of aryl methyl sites for hydroxylation is 3. The second kappa shape index (κ2) is 8.52. The minimum atomic E-state index is -0.541. The lowest BCUT2D eigenvalue weighted by molar-refractivity contribution is -0.142. The van der Waals surface area contributed by atoms with Gasteiger partial charge in [-0.05, 0) is 31.9 Å². The summed E-state index contributed by atoms with van der Waals surface area (Å²) in [5.74, 6) is -0.877. The van der Waals surface area contributed by atoms with Crippen molar-refractivity contribution in [2.45, 2.75) is 40.0 Å². The van der Waals surface area contributed by atoms with Gasteiger partial charge >= 0.3 is 5.97 Å². The normalized spacial score (nSPS) is 11.0. The predicted octanol–water partition coefficient (Wildman–Crippen LogP) is 4.80. The molecule has 0 aliphatic carbocycles. The number of hydrogen-bond acceptors (Lipinski definition) is 5. The lowest BCUT2D eigenvalue weighted by atomic mass is 10.1. The first-order valence-corrected chi connectivity index (χ1v) is 10.1. The molecule has 0 unspecified atom stereocenters. The Morgan fingerprint density at radius 1 is 1.07 bits per heavy atom. The molecular formula is C22H23NO4S. The van der Waals surface area contributed by atoms with E-state index in [1.807, 2.05) is 38.1 Å². The van der Waals surface area contributed by atoms with Gasteiger partial charge in [-0.3, -0.25) is 14.4 Å². The molecule has 3 rings (SSSR count). The van der Waals surface area contributed by atoms with Crippen LogP contribution >= 0.6 is 11.3 Å². The number of fused-ring (bicyclic) bond motifs is 1. The monoisotopic (exact) mass is 397 g/mol. The first kappa shape index (κ1) is 20.0. The highest BCUT2D eigenvalue weighted by Gasteiger charge is 2.17. The summed E-state index contributed by atoms with van der Waals surface area (Å²) in [6.07, 6.45) is 2.56. The number of Topliss-reactive ketones (excluding diaryl/α,β-unsaturated/α-hetero) is 2. The highest BCUT2D eigenvalue weighted by atomic mass is 32.1. The maximum Gasteiger partial charge on any atom is 0.306 e. The van der Waals surface area contributed by atoms with Crippen LogP contribution in [0.5, 0.6) is 0 Å². The maximum absolute atomic E-state index is 12.5. The molecule has 0 spiro atoms. The van der Waals surface area contributed by atoms with Gasteiger partial charge in [0.2, 0.25) is 5.78 Å². The summed E-state index contributed by atoms with van der Waals surface area (Å²) in [5, 5.41) is 0.832. The van der Waals surface area contributed by atoms with Gasteiger partial charge < -0.3 is 9.72 Å². The van der Waals surface area contributed by atoms with Crippen LogP contribution in [-0.2, 0) is 16.0 Å². The molecule has 3 aromatic rings. The molecule has 0 radical (unpaired) electrons. The number of ether oxygens (including phenoxy) is 1. The molecule has 2 heterocycles. The van der Waals surface area contributed by atoms with Gasteiger partial charge in [0.1, 0.15) is 0 Å². The molecule has 0 aliphatic heterocycles. The van der Waals surface area contributed by atoms with Crippen molar-refractivity contribution in [1.82, 2.24) is 4.98 Å². The van der Waals surface area contributed by atoms with E-state index >= 15 is 0 Å². The third kappa shape index (κ3) is 4.22. The number of ketones is 2. The van der Waals surface area contributed by atoms with E-state index in [0.29, 0.717) is 11.1 Å². The second-order valence-electron chi connectivity index (χ2n) is 6.73. The average molecular weight is 397 g/mol. The van der Waals surface area contributed by atoms with E-state index in [9.17, 15) is 14.4 Å². The number of thiophene rings is 1. The largest absolute Gasteiger partial charge is 0.457 e. The molecule has 0 amide bonds. The second-order valence-corrected chi connectivity index (χ2v) is 8.19. The SMILES string of the molecule is CCc1cccc2c(C(=O)COC(=O)CCC(=O)c3cc(C)sc3C)c[nH]c12. The number of rotatable bonds is 8. The molecule has 0 saturated carbocycles. The molecular weight excluding hydrogens is 374 g/mol. The topological polar surface area (TPSA) is 76.2 Å². The van der Waals surface area contributed by atoms with Crippen molar-refractivity contribution in [3.63, 3.8) is 0 Å². The summed E-state index contributed by atoms with van der Waals surface area (Å²) in [6, 6.07) is 7.65. The van der Waals surface area contributed by atoms with Crippen LogP contribution in [0.4, 0.5) is 0 Å². The standard InChI is InChI=1S/C22H23NO4S/c1-4-15-6-5-7-16-18(11-23-22(15)16)20(25)12-27-21(26)9-8-19(24)17-10-13(2)28-14(17)3/h5-7,10-11,23H,4,8-9,12H2,1-3H3. The lowest BCUT2D eigenvalue weighted by Crippen LogP contribution is -2.15. The minimum absolute atomic E-state index is 0.0334. The zero-order chi connectivity index (χ0) is 20.3. The van der Waals surface area contributed by atoms with E-state index in [-0.39, 0.29) is 31.0 Å². The molecule has 0 aliphatic rings. The fourth-order valence-electron chi connectivity index (χ4n) is 3.30. The number of esters is 1. The van der Waals surface area contributed by atoms with E-state index < -0.39 is 5.97 Å². The van der Waals surface area contributed by atoms with E-state index in [0.717, 1.165) is 32.6 Å². The summed E-state index contributed by atoms with van der Waals surface area (Å²) in [6.45, 7) is 5.57. The van der Waals surface area contributed by atoms with Gasteiger partial charge in [0, 0.05) is 44.4 Å². The molecule has 5 nitrogen and oxygen atoms in total. The molecule has 2 aromatic heterocycles. The van der Waals surface area contributed by atoms with Crippen molar-refractivity contribution in [3.8, 4) is 0 Å². The fourth-order valence-corrected chi connectivity index (χ4v) is 4.24. The van der Waals surface area contributed by atoms with Crippen LogP contribution in [0.3, 0.4) is 0 Å². The number of aromatic amines is 1. The van der Waals surface area contributed by atoms with Gasteiger partial charge in [-0.15, -0.1) is 11.3 Å². The van der Waals surface area contributed by atoms with Gasteiger partial charge in [0.05, 0.1) is 6.42 Å². The first-order chi connectivity index (χ1) is 13.4. The number of para-hydroxylation sites is 1. The molecule has 1 aromatic carbocycles. The van der Waals surface area contributed by atoms with Crippen LogP contribution in [0, 0.1) is 13.8 Å². The molecule has 28 heavy (non-hydrogen) atoms. The molecule has 0 atom stereocenters. The van der Waals surface area contributed by atoms with Gasteiger partial charge in [0.15, 0.2) is 12.4 Å². The van der Waals surface area contributed by atoms with E-state index in [1.54, 1.807) is 17.5 Å². The zero-order valence-electron chi connectivity index (χ0n) is 16.3. The number of hydrogen-bond donors (Lipinski definition) is 1. The molecule has 1 N–H and O–H groups in total. The average Bonchev–Trinajstić information content (AvgIpc) is 3.26. The Hall–Kier alpha value is -2.73. The Morgan fingerprint density at radius 3 is 2.54 bits per heavy atom. The molecule has 0 saturated heterocycles. The third-order valence-corrected chi connectivity index (χ3v) is 5.71. The number of H-pyrrole nitrogens is 1. The molecule has 6 heteroatoms. The predicted molar refractivity (Wildman–Crippen MR) is 110 cm³/mol. The number of nitrogens with one attached hydrogen (secondary N) is 1. The van der Waals surface area contributed by atoms with Crippen molar-refractivity contribution < 1.29 is 19.1 Å². The highest BCUT2D eigenvalue weighted by Crippen LogP contribution is 2.23. The quantitative estimate of drug-likeness (QED) is 0.438. The number of carbonyl (C=O) groups excluding carboxylic acids is 3. The minimum Gasteiger partial charge on any atom is -0.457 e. The first-order valence-electron chi connectivity index (χ1n) is 9.28. The highest BCUT2D eigenvalue weighted by molar-refractivity contribution is 7.12. The summed E-state index contributed by atoms with van der Waals surface area (Å²) >= 11 is 1.56. The van der Waals surface area contributed by atoms with E-state index in [4.69, 9.17) is 4.74 Å². The number of benzene rings is 1. The number of aromatic nitrogens is 1. The summed E-state index contributed by atoms with van der Waals surface area (Å²) < 4.78 is 5.10. The van der Waals surface area contributed by atoms with Crippen LogP contribution in [0.1, 0.15) is 55.8 Å². The Morgan fingerprint density at radius 2 is 1.86 bits per heavy atom. The van der Waals surface area contributed by atoms with Gasteiger partial charge in [-0.25, -0.2) is 0 Å². The Bertz CT molecular complexity index is 1040. The van der Waals surface area contributed by atoms with E-state index in [1.165, 1.54) is 0 Å². The molecule has 146 valence electrons. The van der Waals surface area contributed by atoms with Gasteiger partial charge in [-0.2, -0.15) is 0 Å². The third-order valence-electron chi connectivity index (χ3n) is 4.74. The smallest absolute Gasteiger partial charge is 0.306 e. The van der Waals surface area contributed by atoms with Crippen molar-refractivity contribution in [2.75, 3.05) is 6.61 Å². The van der Waals surface area contributed by atoms with Crippen LogP contribution in [0.2, 0.25) is 0 Å². The Kier molecular flexibility index (Phi) is 6.09. The van der Waals surface area contributed by atoms with Gasteiger partial charge in [-0.1, -0.05) is 25.1 Å². The van der Waals surface area contributed by atoms with Crippen molar-refractivity contribution >= 4 is 39.8 Å². The van der Waals surface area contributed by atoms with Crippen LogP contribution in [0.25, 0.3) is 10.9 Å². The van der Waals surface area contributed by atoms with Crippen molar-refractivity contribution in [1.29, 1.82) is 0 Å². The summed E-state index contributed by atoms with van der Waals surface area (Å²) in [7, 11) is 0. The molecule has 0 fully saturated rings. The van der Waals surface area contributed by atoms with Crippen LogP contribution in [0.15, 0.2) is 30.5 Å². The Labute approximate surface area is 167 Å². The maximum atomic E-state index is 12.5. The fraction of sp³-hybridized carbons (Fsp3) is 0.318. The van der Waals surface area contributed by atoms with E-state index in [2.05, 4.69) is 11.9 Å². The van der Waals surface area contributed by atoms with Crippen LogP contribution in [-0.4, -0.2) is 29.1 Å². The lowest BCUT2D eigenvalue weighted by Gasteiger charge is -2.04. The van der Waals surface area contributed by atoms with Crippen molar-refractivity contribution in [2.24, 2.45) is 0 Å². The van der Waals surface area contributed by atoms with Crippen molar-refractivity contribution in [3.05, 3.63) is 56.9 Å².